The molecule has 4 heteroatoms. The van der Waals surface area contributed by atoms with Crippen LogP contribution in [0.1, 0.15) is 12.5 Å². The Bertz CT molecular complexity index is 948. The van der Waals surface area contributed by atoms with E-state index in [2.05, 4.69) is 0 Å². The van der Waals surface area contributed by atoms with Gasteiger partial charge in [-0.3, -0.25) is 4.31 Å². The van der Waals surface area contributed by atoms with Crippen molar-refractivity contribution in [2.45, 2.75) is 18.2 Å². The summed E-state index contributed by atoms with van der Waals surface area (Å²) in [4.78, 5) is 0.310. The van der Waals surface area contributed by atoms with Crippen LogP contribution in [0, 0.1) is 0 Å². The fourth-order valence-electron chi connectivity index (χ4n) is 2.73. The Morgan fingerprint density at radius 3 is 2.26 bits per heavy atom. The van der Waals surface area contributed by atoms with Gasteiger partial charge in [0.15, 0.2) is 0 Å². The van der Waals surface area contributed by atoms with Crippen LogP contribution in [0.25, 0.3) is 10.8 Å². The molecule has 0 amide bonds. The maximum absolute atomic E-state index is 13.0. The molecular formula is C19H19NO2S. The Morgan fingerprint density at radius 2 is 1.52 bits per heavy atom. The lowest BCUT2D eigenvalue weighted by atomic mass is 10.1. The van der Waals surface area contributed by atoms with Crippen LogP contribution in [0.2, 0.25) is 0 Å². The summed E-state index contributed by atoms with van der Waals surface area (Å²) in [7, 11) is -1.97. The van der Waals surface area contributed by atoms with Crippen molar-refractivity contribution in [2.75, 3.05) is 11.4 Å². The Balaban J connectivity index is 2.08. The molecule has 3 aromatic carbocycles. The summed E-state index contributed by atoms with van der Waals surface area (Å²) in [5, 5.41) is 1.95. The van der Waals surface area contributed by atoms with Gasteiger partial charge in [-0.1, -0.05) is 55.5 Å². The van der Waals surface area contributed by atoms with Crippen molar-refractivity contribution in [3.63, 3.8) is 0 Å². The fraction of sp³-hybridized carbons (Fsp3) is 0.158. The van der Waals surface area contributed by atoms with Gasteiger partial charge in [0.2, 0.25) is 0 Å². The molecule has 0 unspecified atom stereocenters. The fourth-order valence-corrected chi connectivity index (χ4v) is 4.00. The number of para-hydroxylation sites is 1. The highest BCUT2D eigenvalue weighted by molar-refractivity contribution is 7.92. The average molecular weight is 325 g/mol. The summed E-state index contributed by atoms with van der Waals surface area (Å²) in [6, 6.07) is 20.6. The molecule has 0 spiro atoms. The Kier molecular flexibility index (Phi) is 4.09. The number of nitrogens with zero attached hydrogens (tertiary/aromatic N) is 1. The van der Waals surface area contributed by atoms with E-state index in [4.69, 9.17) is 0 Å². The molecule has 0 aromatic heterocycles. The summed E-state index contributed by atoms with van der Waals surface area (Å²) < 4.78 is 27.3. The van der Waals surface area contributed by atoms with Crippen LogP contribution in [0.5, 0.6) is 0 Å². The molecule has 0 N–H and O–H groups in total. The molecule has 23 heavy (non-hydrogen) atoms. The van der Waals surface area contributed by atoms with Gasteiger partial charge in [-0.15, -0.1) is 0 Å². The Morgan fingerprint density at radius 1 is 0.870 bits per heavy atom. The number of aryl methyl sites for hydroxylation is 1. The molecule has 0 fully saturated rings. The first-order valence-electron chi connectivity index (χ1n) is 7.59. The van der Waals surface area contributed by atoms with Crippen molar-refractivity contribution >= 4 is 26.5 Å². The van der Waals surface area contributed by atoms with Crippen LogP contribution >= 0.6 is 0 Å². The lowest BCUT2D eigenvalue weighted by Crippen LogP contribution is -2.27. The molecule has 3 aromatic rings. The van der Waals surface area contributed by atoms with Gasteiger partial charge >= 0.3 is 0 Å². The monoisotopic (exact) mass is 325 g/mol. The van der Waals surface area contributed by atoms with E-state index >= 15 is 0 Å². The second-order valence-electron chi connectivity index (χ2n) is 5.46. The first kappa shape index (κ1) is 15.6. The smallest absolute Gasteiger partial charge is 0.264 e. The maximum atomic E-state index is 13.0. The van der Waals surface area contributed by atoms with Gasteiger partial charge in [0, 0.05) is 7.05 Å². The largest absolute Gasteiger partial charge is 0.269 e. The number of hydrogen-bond acceptors (Lipinski definition) is 2. The Labute approximate surface area is 137 Å². The zero-order valence-electron chi connectivity index (χ0n) is 13.2. The van der Waals surface area contributed by atoms with E-state index in [0.717, 1.165) is 28.4 Å². The van der Waals surface area contributed by atoms with Crippen molar-refractivity contribution in [1.29, 1.82) is 0 Å². The number of rotatable bonds is 4. The highest BCUT2D eigenvalue weighted by Crippen LogP contribution is 2.27. The number of benzene rings is 3. The molecule has 0 saturated heterocycles. The minimum Gasteiger partial charge on any atom is -0.269 e. The molecule has 3 rings (SSSR count). The van der Waals surface area contributed by atoms with Gasteiger partial charge in [0.25, 0.3) is 10.0 Å². The number of hydrogen-bond donors (Lipinski definition) is 0. The van der Waals surface area contributed by atoms with E-state index in [-0.39, 0.29) is 0 Å². The van der Waals surface area contributed by atoms with Crippen LogP contribution in [0.3, 0.4) is 0 Å². The first-order chi connectivity index (χ1) is 11.0. The highest BCUT2D eigenvalue weighted by atomic mass is 32.2. The van der Waals surface area contributed by atoms with Crippen LogP contribution < -0.4 is 4.31 Å². The van der Waals surface area contributed by atoms with E-state index in [0.29, 0.717) is 4.90 Å². The number of sulfonamides is 1. The summed E-state index contributed by atoms with van der Waals surface area (Å²) >= 11 is 0. The SMILES string of the molecule is CCc1ccccc1N(C)S(=O)(=O)c1ccc2ccccc2c1. The molecule has 0 aliphatic rings. The normalized spacial score (nSPS) is 11.6. The lowest BCUT2D eigenvalue weighted by molar-refractivity contribution is 0.594. The molecule has 0 radical (unpaired) electrons. The van der Waals surface area contributed by atoms with Gasteiger partial charge < -0.3 is 0 Å². The molecule has 3 nitrogen and oxygen atoms in total. The van der Waals surface area contributed by atoms with E-state index in [1.807, 2.05) is 61.5 Å². The molecule has 0 aliphatic carbocycles. The van der Waals surface area contributed by atoms with E-state index in [1.54, 1.807) is 19.2 Å². The second-order valence-corrected chi connectivity index (χ2v) is 7.43. The van der Waals surface area contributed by atoms with E-state index in [1.165, 1.54) is 4.31 Å². The van der Waals surface area contributed by atoms with Crippen LogP contribution in [-0.2, 0) is 16.4 Å². The minimum absolute atomic E-state index is 0.310. The molecule has 0 bridgehead atoms. The summed E-state index contributed by atoms with van der Waals surface area (Å²) in [5.41, 5.74) is 1.74. The third-order valence-corrected chi connectivity index (χ3v) is 5.86. The average Bonchev–Trinajstić information content (AvgIpc) is 2.60. The van der Waals surface area contributed by atoms with Gasteiger partial charge in [-0.05, 0) is 41.0 Å². The zero-order chi connectivity index (χ0) is 16.4. The molecular weight excluding hydrogens is 306 g/mol. The minimum atomic E-state index is -3.58. The van der Waals surface area contributed by atoms with Crippen LogP contribution in [0.4, 0.5) is 5.69 Å². The number of anilines is 1. The van der Waals surface area contributed by atoms with E-state index < -0.39 is 10.0 Å². The standard InChI is InChI=1S/C19H19NO2S/c1-3-15-8-6-7-11-19(15)20(2)23(21,22)18-13-12-16-9-4-5-10-17(16)14-18/h4-14H,3H2,1-2H3. The van der Waals surface area contributed by atoms with Crippen LogP contribution in [0.15, 0.2) is 71.6 Å². The molecule has 118 valence electrons. The molecule has 0 aliphatic heterocycles. The summed E-state index contributed by atoms with van der Waals surface area (Å²) in [5.74, 6) is 0. The molecule has 0 heterocycles. The van der Waals surface area contributed by atoms with E-state index in [9.17, 15) is 8.42 Å². The third kappa shape index (κ3) is 2.82. The van der Waals surface area contributed by atoms with Gasteiger partial charge in [-0.25, -0.2) is 8.42 Å². The predicted octanol–water partition coefficient (Wildman–Crippen LogP) is 4.23. The Hall–Kier alpha value is -2.33. The maximum Gasteiger partial charge on any atom is 0.264 e. The quantitative estimate of drug-likeness (QED) is 0.720. The lowest BCUT2D eigenvalue weighted by Gasteiger charge is -2.22. The first-order valence-corrected chi connectivity index (χ1v) is 9.03. The highest BCUT2D eigenvalue weighted by Gasteiger charge is 2.22. The number of fused-ring (bicyclic) bond motifs is 1. The van der Waals surface area contributed by atoms with Crippen molar-refractivity contribution in [1.82, 2.24) is 0 Å². The van der Waals surface area contributed by atoms with Crippen LogP contribution in [-0.4, -0.2) is 15.5 Å². The zero-order valence-corrected chi connectivity index (χ0v) is 14.0. The second kappa shape index (κ2) is 6.05. The molecule has 0 atom stereocenters. The topological polar surface area (TPSA) is 37.4 Å². The summed E-state index contributed by atoms with van der Waals surface area (Å²) in [6.07, 6.45) is 0.785. The third-order valence-electron chi connectivity index (χ3n) is 4.09. The predicted molar refractivity (Wildman–Crippen MR) is 95.4 cm³/mol. The van der Waals surface area contributed by atoms with Gasteiger partial charge in [-0.2, -0.15) is 0 Å². The van der Waals surface area contributed by atoms with Crippen molar-refractivity contribution < 1.29 is 8.42 Å². The van der Waals surface area contributed by atoms with Crippen molar-refractivity contribution in [3.8, 4) is 0 Å². The summed E-state index contributed by atoms with van der Waals surface area (Å²) in [6.45, 7) is 2.02. The van der Waals surface area contributed by atoms with Gasteiger partial charge in [0.05, 0.1) is 10.6 Å². The van der Waals surface area contributed by atoms with Crippen molar-refractivity contribution in [2.24, 2.45) is 0 Å². The van der Waals surface area contributed by atoms with Gasteiger partial charge in [0.1, 0.15) is 0 Å². The van der Waals surface area contributed by atoms with Crippen molar-refractivity contribution in [3.05, 3.63) is 72.3 Å². The molecule has 0 saturated carbocycles.